The lowest BCUT2D eigenvalue weighted by molar-refractivity contribution is -0.147. The molecule has 3 aliphatic heterocycles. The molecule has 0 aromatic heterocycles. The van der Waals surface area contributed by atoms with Crippen LogP contribution < -0.4 is 31.3 Å². The molecule has 0 spiro atoms. The van der Waals surface area contributed by atoms with Crippen molar-refractivity contribution in [3.05, 3.63) is 59.7 Å². The molecule has 3 fully saturated rings. The van der Waals surface area contributed by atoms with Crippen LogP contribution in [0, 0.1) is 17.2 Å². The molecule has 0 aliphatic carbocycles. The van der Waals surface area contributed by atoms with Gasteiger partial charge in [0.2, 0.25) is 35.4 Å². The molecule has 24 heteroatoms. The van der Waals surface area contributed by atoms with Crippen LogP contribution in [0.15, 0.2) is 48.5 Å². The maximum absolute atomic E-state index is 14.5. The number of alkyl carbamates (subject to hydrolysis) is 1. The Labute approximate surface area is 409 Å². The number of benzene rings is 2. The Kier molecular flexibility index (Phi) is 18.7. The van der Waals surface area contributed by atoms with Crippen molar-refractivity contribution < 1.29 is 78.8 Å². The molecule has 5 rings (SSSR count). The van der Waals surface area contributed by atoms with E-state index >= 15 is 0 Å². The molecule has 0 bridgehead atoms. The van der Waals surface area contributed by atoms with E-state index in [4.69, 9.17) is 9.47 Å². The van der Waals surface area contributed by atoms with Gasteiger partial charge in [-0.05, 0) is 51.0 Å². The number of fused-ring (bicyclic) bond motifs is 2. The van der Waals surface area contributed by atoms with E-state index in [0.717, 1.165) is 22.3 Å². The van der Waals surface area contributed by atoms with E-state index < -0.39 is 165 Å². The number of phenols is 1. The predicted octanol–water partition coefficient (Wildman–Crippen LogP) is -3.07. The fourth-order valence-electron chi connectivity index (χ4n) is 8.49. The fraction of sp³-hybridized carbons (Fsp3) is 0.574. The second kappa shape index (κ2) is 24.0. The minimum Gasteiger partial charge on any atom is -0.504 e. The third-order valence-corrected chi connectivity index (χ3v) is 12.1. The zero-order valence-corrected chi connectivity index (χ0v) is 39.9. The highest BCUT2D eigenvalue weighted by molar-refractivity contribution is 5.98. The molecule has 24 nitrogen and oxygen atoms in total. The molecule has 0 radical (unpaired) electrons. The lowest BCUT2D eigenvalue weighted by Gasteiger charge is -2.33. The second-order valence-electron chi connectivity index (χ2n) is 19.1. The van der Waals surface area contributed by atoms with E-state index in [1.165, 1.54) is 45.9 Å². The molecule has 3 heterocycles. The number of nitrogens with zero attached hydrogens (tertiary/aromatic N) is 3. The number of rotatable bonds is 10. The van der Waals surface area contributed by atoms with Crippen LogP contribution in [0.2, 0.25) is 0 Å². The van der Waals surface area contributed by atoms with E-state index in [9.17, 15) is 74.6 Å². The quantitative estimate of drug-likeness (QED) is 0.112. The first kappa shape index (κ1) is 55.3. The van der Waals surface area contributed by atoms with Crippen molar-refractivity contribution in [2.24, 2.45) is 5.92 Å². The number of hydrogen-bond acceptors (Lipinski definition) is 17. The number of aliphatic hydroxyl groups is 6. The summed E-state index contributed by atoms with van der Waals surface area (Å²) in [6.07, 6.45) is -13.7. The molecule has 13 atom stereocenters. The number of aromatic hydroxyl groups is 1. The summed E-state index contributed by atoms with van der Waals surface area (Å²) < 4.78 is 11.0. The van der Waals surface area contributed by atoms with Crippen LogP contribution in [0.25, 0.3) is 0 Å². The molecular formula is C47H64N8O16. The van der Waals surface area contributed by atoms with Crippen molar-refractivity contribution in [3.63, 3.8) is 0 Å². The minimum absolute atomic E-state index is 0.0692. The van der Waals surface area contributed by atoms with Crippen LogP contribution in [0.1, 0.15) is 65.0 Å². The summed E-state index contributed by atoms with van der Waals surface area (Å²) in [6.45, 7) is 5.80. The largest absolute Gasteiger partial charge is 0.504 e. The molecule has 71 heavy (non-hydrogen) atoms. The maximum atomic E-state index is 14.5. The normalized spacial score (nSPS) is 28.6. The van der Waals surface area contributed by atoms with E-state index in [2.05, 4.69) is 26.6 Å². The number of amides is 7. The molecule has 3 aliphatic rings. The zero-order valence-electron chi connectivity index (χ0n) is 39.9. The summed E-state index contributed by atoms with van der Waals surface area (Å²) >= 11 is 0. The van der Waals surface area contributed by atoms with Crippen molar-refractivity contribution >= 4 is 41.5 Å². The van der Waals surface area contributed by atoms with Crippen LogP contribution >= 0.6 is 0 Å². The third-order valence-electron chi connectivity index (χ3n) is 12.1. The van der Waals surface area contributed by atoms with Gasteiger partial charge >= 0.3 is 6.09 Å². The second-order valence-corrected chi connectivity index (χ2v) is 19.1. The van der Waals surface area contributed by atoms with Gasteiger partial charge in [0.05, 0.1) is 49.1 Å². The number of ether oxygens (including phenoxy) is 2. The van der Waals surface area contributed by atoms with Crippen molar-refractivity contribution in [3.8, 4) is 17.6 Å². The highest BCUT2D eigenvalue weighted by atomic mass is 16.6. The first-order valence-corrected chi connectivity index (χ1v) is 23.1. The minimum atomic E-state index is -2.08. The number of nitriles is 1. The van der Waals surface area contributed by atoms with Gasteiger partial charge in [-0.1, -0.05) is 43.3 Å². The lowest BCUT2D eigenvalue weighted by Crippen LogP contribution is -2.64. The van der Waals surface area contributed by atoms with Gasteiger partial charge in [0.15, 0.2) is 11.5 Å². The van der Waals surface area contributed by atoms with E-state index in [1.54, 1.807) is 18.2 Å². The topological polar surface area (TPSA) is 370 Å². The fourth-order valence-corrected chi connectivity index (χ4v) is 8.49. The Bertz CT molecular complexity index is 2290. The van der Waals surface area contributed by atoms with Gasteiger partial charge in [0.1, 0.15) is 48.5 Å². The summed E-state index contributed by atoms with van der Waals surface area (Å²) in [5.41, 5.74) is -0.0724. The molecule has 12 N–H and O–H groups in total. The number of β-amino-alcohol motifs (C(OH)–C–C–N with tert-alkyl or cyclic N) is 1. The van der Waals surface area contributed by atoms with Crippen molar-refractivity contribution in [2.45, 2.75) is 145 Å². The van der Waals surface area contributed by atoms with Crippen LogP contribution in [0.3, 0.4) is 0 Å². The van der Waals surface area contributed by atoms with Crippen LogP contribution in [-0.4, -0.2) is 185 Å². The summed E-state index contributed by atoms with van der Waals surface area (Å²) in [7, 11) is 0. The lowest BCUT2D eigenvalue weighted by atomic mass is 9.98. The van der Waals surface area contributed by atoms with Crippen molar-refractivity contribution in [2.75, 3.05) is 19.6 Å². The predicted molar refractivity (Wildman–Crippen MR) is 246 cm³/mol. The molecule has 0 saturated carbocycles. The zero-order chi connectivity index (χ0) is 52.5. The number of hydrogen-bond donors (Lipinski definition) is 12. The van der Waals surface area contributed by atoms with E-state index in [0.29, 0.717) is 0 Å². The highest BCUT2D eigenvalue weighted by Crippen LogP contribution is 2.30. The molecule has 388 valence electrons. The molecule has 7 amide bonds. The number of phenolic OH excluding ortho intramolecular Hbond substituents is 1. The summed E-state index contributed by atoms with van der Waals surface area (Å²) in [4.78, 5) is 100. The summed E-state index contributed by atoms with van der Waals surface area (Å²) in [5, 5.41) is 99.2. The van der Waals surface area contributed by atoms with Gasteiger partial charge in [-0.3, -0.25) is 28.8 Å². The SMILES string of the molecule is C[C@@H](O)[C@@H]1NC(=O)C(NC(=O)OC(C)(C)C)C[C@@H](O)CNC(=O)[C@@H]2[C@@H](O)[C@@H](C)CN2C(=O)[C@H]([C@H](O)CC#N)NC(=O)[C@H]([C@H](O)Cc2ccc(OCc3ccccc3)c(O)c2)NC(=O)[C@@H]2C[C@@H](O)CN2C1=O. The Morgan fingerprint density at radius 2 is 1.46 bits per heavy atom. The van der Waals surface area contributed by atoms with Crippen LogP contribution in [0.5, 0.6) is 11.5 Å². The first-order valence-electron chi connectivity index (χ1n) is 23.1. The number of nitrogens with one attached hydrogen (secondary N) is 5. The van der Waals surface area contributed by atoms with Gasteiger partial charge in [0, 0.05) is 44.8 Å². The van der Waals surface area contributed by atoms with E-state index in [1.807, 2.05) is 18.2 Å². The van der Waals surface area contributed by atoms with Gasteiger partial charge in [-0.15, -0.1) is 0 Å². The molecule has 1 unspecified atom stereocenters. The average Bonchev–Trinajstić information content (AvgIpc) is 3.84. The Balaban J connectivity index is 1.55. The summed E-state index contributed by atoms with van der Waals surface area (Å²) in [5.74, 6) is -8.05. The molecular weight excluding hydrogens is 933 g/mol. The Morgan fingerprint density at radius 1 is 0.817 bits per heavy atom. The molecule has 2 aromatic carbocycles. The van der Waals surface area contributed by atoms with Crippen LogP contribution in [0.4, 0.5) is 4.79 Å². The monoisotopic (exact) mass is 996 g/mol. The average molecular weight is 997 g/mol. The van der Waals surface area contributed by atoms with Gasteiger partial charge in [0.25, 0.3) is 0 Å². The van der Waals surface area contributed by atoms with Gasteiger partial charge in [-0.2, -0.15) is 5.26 Å². The van der Waals surface area contributed by atoms with Crippen LogP contribution in [-0.2, 0) is 46.5 Å². The molecule has 2 aromatic rings. The highest BCUT2D eigenvalue weighted by Gasteiger charge is 2.49. The standard InChI is InChI=1S/C47H64N8O16/c1-23-20-55-38(39(23)62)43(66)49-19-27(57)17-29(50-46(69)71-47(3,4)5)40(63)51-35(24(2)56)44(67)54-21-28(58)18-30(54)41(64)52-36(42(65)53-37(45(55)68)31(59)13-14-48)33(61)16-26-11-12-34(32(60)15-26)70-22-25-9-7-6-8-10-25/h6-12,15,23-24,27-31,33,35-39,56-62H,13,16-22H2,1-5H3,(H,49,66)(H,50,69)(H,51,63)(H,52,64)(H,53,65)/t23-,24+,27+,28+,29?,30-,31+,33+,35-,36-,37-,38-,39-/m0/s1. The maximum Gasteiger partial charge on any atom is 0.408 e. The van der Waals surface area contributed by atoms with E-state index in [-0.39, 0.29) is 30.2 Å². The third kappa shape index (κ3) is 14.5. The van der Waals surface area contributed by atoms with Gasteiger partial charge < -0.3 is 81.6 Å². The smallest absolute Gasteiger partial charge is 0.408 e. The van der Waals surface area contributed by atoms with Crippen molar-refractivity contribution in [1.82, 2.24) is 36.4 Å². The van der Waals surface area contributed by atoms with Gasteiger partial charge in [-0.25, -0.2) is 4.79 Å². The molecule has 3 saturated heterocycles. The Morgan fingerprint density at radius 3 is 2.10 bits per heavy atom. The van der Waals surface area contributed by atoms with Crippen molar-refractivity contribution in [1.29, 1.82) is 5.26 Å². The summed E-state index contributed by atoms with van der Waals surface area (Å²) in [6, 6.07) is 3.70. The number of carbonyl (C=O) groups excluding carboxylic acids is 7. The number of aliphatic hydroxyl groups excluding tert-OH is 6. The Hall–Kier alpha value is -6.62. The number of carbonyl (C=O) groups is 7. The first-order chi connectivity index (χ1) is 33.4.